The summed E-state index contributed by atoms with van der Waals surface area (Å²) in [5.74, 6) is -0.0936. The van der Waals surface area contributed by atoms with Crippen molar-refractivity contribution >= 4 is 21.8 Å². The van der Waals surface area contributed by atoms with Gasteiger partial charge in [0.05, 0.1) is 18.7 Å². The number of nitrogens with zero attached hydrogens (tertiary/aromatic N) is 1. The van der Waals surface area contributed by atoms with Gasteiger partial charge in [-0.3, -0.25) is 9.78 Å². The van der Waals surface area contributed by atoms with E-state index in [0.29, 0.717) is 12.1 Å². The van der Waals surface area contributed by atoms with E-state index in [4.69, 9.17) is 0 Å². The second kappa shape index (κ2) is 8.40. The fraction of sp³-hybridized carbons (Fsp3) is 0.368. The Morgan fingerprint density at radius 2 is 1.88 bits per heavy atom. The third-order valence-electron chi connectivity index (χ3n) is 4.53. The van der Waals surface area contributed by atoms with Crippen LogP contribution >= 0.6 is 15.9 Å². The lowest BCUT2D eigenvalue weighted by atomic mass is 10.0. The van der Waals surface area contributed by atoms with E-state index in [0.717, 1.165) is 11.0 Å². The van der Waals surface area contributed by atoms with Crippen LogP contribution < -0.4 is 10.2 Å². The van der Waals surface area contributed by atoms with Gasteiger partial charge >= 0.3 is 0 Å². The molecule has 4 nitrogen and oxygen atoms in total. The molecule has 1 aliphatic rings. The molecule has 0 bridgehead atoms. The van der Waals surface area contributed by atoms with Crippen molar-refractivity contribution in [3.63, 3.8) is 0 Å². The molecule has 0 saturated carbocycles. The molecule has 1 amide bonds. The predicted molar refractivity (Wildman–Crippen MR) is 97.8 cm³/mol. The van der Waals surface area contributed by atoms with Crippen molar-refractivity contribution < 1.29 is 9.69 Å². The highest BCUT2D eigenvalue weighted by molar-refractivity contribution is 9.10. The maximum absolute atomic E-state index is 12.3. The number of nitrogens with one attached hydrogen (secondary N) is 2. The first-order chi connectivity index (χ1) is 11.7. The van der Waals surface area contributed by atoms with E-state index in [9.17, 15) is 4.79 Å². The second-order valence-corrected chi connectivity index (χ2v) is 7.25. The normalized spacial score (nSPS) is 15.2. The summed E-state index contributed by atoms with van der Waals surface area (Å²) in [4.78, 5) is 18.0. The van der Waals surface area contributed by atoms with Crippen LogP contribution in [-0.2, 0) is 13.1 Å². The lowest BCUT2D eigenvalue weighted by molar-refractivity contribution is -0.918. The zero-order valence-electron chi connectivity index (χ0n) is 13.7. The Balaban J connectivity index is 1.63. The molecule has 1 saturated heterocycles. The summed E-state index contributed by atoms with van der Waals surface area (Å²) in [6.45, 7) is 4.11. The molecule has 5 heteroatoms. The number of hydrogen-bond acceptors (Lipinski definition) is 2. The minimum Gasteiger partial charge on any atom is -0.348 e. The quantitative estimate of drug-likeness (QED) is 0.825. The molecule has 2 heterocycles. The van der Waals surface area contributed by atoms with Gasteiger partial charge in [0.1, 0.15) is 6.54 Å². The molecule has 1 aliphatic heterocycles. The molecular formula is C19H23BrN3O+. The lowest BCUT2D eigenvalue weighted by Crippen LogP contribution is -3.11. The Hall–Kier alpha value is -1.72. The van der Waals surface area contributed by atoms with Gasteiger partial charge in [0.2, 0.25) is 0 Å². The van der Waals surface area contributed by atoms with Crippen LogP contribution in [0.2, 0.25) is 0 Å². The smallest absolute Gasteiger partial charge is 0.253 e. The zero-order valence-corrected chi connectivity index (χ0v) is 15.3. The molecule has 0 unspecified atom stereocenters. The van der Waals surface area contributed by atoms with Gasteiger partial charge in [-0.15, -0.1) is 0 Å². The van der Waals surface area contributed by atoms with E-state index in [1.807, 2.05) is 6.07 Å². The van der Waals surface area contributed by atoms with Gasteiger partial charge in [-0.1, -0.05) is 24.3 Å². The molecule has 0 aliphatic carbocycles. The highest BCUT2D eigenvalue weighted by Crippen LogP contribution is 2.11. The van der Waals surface area contributed by atoms with Crippen molar-refractivity contribution in [2.45, 2.75) is 32.4 Å². The summed E-state index contributed by atoms with van der Waals surface area (Å²) in [5, 5.41) is 3.01. The first kappa shape index (κ1) is 17.1. The van der Waals surface area contributed by atoms with Gasteiger partial charge in [0.25, 0.3) is 5.91 Å². The molecule has 0 atom stereocenters. The summed E-state index contributed by atoms with van der Waals surface area (Å²) < 4.78 is 0.809. The molecule has 3 rings (SSSR count). The fourth-order valence-electron chi connectivity index (χ4n) is 3.21. The van der Waals surface area contributed by atoms with Gasteiger partial charge in [0.15, 0.2) is 0 Å². The van der Waals surface area contributed by atoms with E-state index in [1.165, 1.54) is 43.5 Å². The first-order valence-corrected chi connectivity index (χ1v) is 9.31. The van der Waals surface area contributed by atoms with Crippen molar-refractivity contribution in [3.8, 4) is 0 Å². The minimum atomic E-state index is -0.0936. The molecule has 24 heavy (non-hydrogen) atoms. The highest BCUT2D eigenvalue weighted by atomic mass is 79.9. The van der Waals surface area contributed by atoms with Gasteiger partial charge < -0.3 is 10.2 Å². The number of amides is 1. The number of aromatic nitrogens is 1. The number of rotatable bonds is 5. The molecule has 2 N–H and O–H groups in total. The van der Waals surface area contributed by atoms with Crippen LogP contribution in [0.25, 0.3) is 0 Å². The summed E-state index contributed by atoms with van der Waals surface area (Å²) >= 11 is 3.35. The number of likely N-dealkylation sites (tertiary alicyclic amines) is 1. The summed E-state index contributed by atoms with van der Waals surface area (Å²) in [6, 6.07) is 10.2. The van der Waals surface area contributed by atoms with Crippen LogP contribution in [0.15, 0.2) is 47.2 Å². The maximum Gasteiger partial charge on any atom is 0.253 e. The topological polar surface area (TPSA) is 46.4 Å². The Bertz CT molecular complexity index is 699. The van der Waals surface area contributed by atoms with Crippen LogP contribution in [0.3, 0.4) is 0 Å². The van der Waals surface area contributed by atoms with Crippen molar-refractivity contribution in [1.82, 2.24) is 10.3 Å². The molecule has 1 aromatic heterocycles. The van der Waals surface area contributed by atoms with Crippen molar-refractivity contribution in [1.29, 1.82) is 0 Å². The van der Waals surface area contributed by atoms with Gasteiger partial charge in [-0.05, 0) is 46.8 Å². The highest BCUT2D eigenvalue weighted by Gasteiger charge is 2.16. The molecule has 126 valence electrons. The Morgan fingerprint density at radius 3 is 2.62 bits per heavy atom. The minimum absolute atomic E-state index is 0.0936. The van der Waals surface area contributed by atoms with E-state index in [2.05, 4.69) is 44.4 Å². The fourth-order valence-corrected chi connectivity index (χ4v) is 3.58. The van der Waals surface area contributed by atoms with E-state index >= 15 is 0 Å². The van der Waals surface area contributed by atoms with Crippen molar-refractivity contribution in [2.24, 2.45) is 0 Å². The first-order valence-electron chi connectivity index (χ1n) is 8.51. The van der Waals surface area contributed by atoms with Crippen LogP contribution in [0.5, 0.6) is 0 Å². The van der Waals surface area contributed by atoms with Crippen LogP contribution in [0.4, 0.5) is 0 Å². The number of halogens is 1. The van der Waals surface area contributed by atoms with Crippen LogP contribution in [-0.4, -0.2) is 24.0 Å². The zero-order chi connectivity index (χ0) is 16.8. The van der Waals surface area contributed by atoms with Crippen LogP contribution in [0.1, 0.15) is 40.7 Å². The Kier molecular flexibility index (Phi) is 5.99. The van der Waals surface area contributed by atoms with E-state index in [-0.39, 0.29) is 5.91 Å². The van der Waals surface area contributed by atoms with E-state index < -0.39 is 0 Å². The van der Waals surface area contributed by atoms with Gasteiger partial charge in [-0.25, -0.2) is 0 Å². The standard InChI is InChI=1S/C19H22BrN3O/c20-18-10-17(11-21-13-18)19(24)22-12-15-6-2-3-7-16(15)14-23-8-4-1-5-9-23/h2-3,6-7,10-11,13H,1,4-5,8-9,12,14H2,(H,22,24)/p+1. The van der Waals surface area contributed by atoms with Crippen LogP contribution in [0, 0.1) is 0 Å². The number of carbonyl (C=O) groups is 1. The van der Waals surface area contributed by atoms with E-state index in [1.54, 1.807) is 23.4 Å². The molecule has 0 radical (unpaired) electrons. The monoisotopic (exact) mass is 388 g/mol. The maximum atomic E-state index is 12.3. The molecule has 1 fully saturated rings. The number of pyridine rings is 1. The Morgan fingerprint density at radius 1 is 1.12 bits per heavy atom. The molecule has 0 spiro atoms. The van der Waals surface area contributed by atoms with Crippen molar-refractivity contribution in [2.75, 3.05) is 13.1 Å². The molecule has 1 aromatic carbocycles. The number of carbonyl (C=O) groups excluding carboxylic acids is 1. The second-order valence-electron chi connectivity index (χ2n) is 6.33. The largest absolute Gasteiger partial charge is 0.348 e. The SMILES string of the molecule is O=C(NCc1ccccc1C[NH+]1CCCCC1)c1cncc(Br)c1. The van der Waals surface area contributed by atoms with Gasteiger partial charge in [-0.2, -0.15) is 0 Å². The average molecular weight is 389 g/mol. The summed E-state index contributed by atoms with van der Waals surface area (Å²) in [6.07, 6.45) is 7.27. The third kappa shape index (κ3) is 4.65. The predicted octanol–water partition coefficient (Wildman–Crippen LogP) is 2.34. The lowest BCUT2D eigenvalue weighted by Gasteiger charge is -2.24. The third-order valence-corrected chi connectivity index (χ3v) is 4.96. The number of hydrogen-bond donors (Lipinski definition) is 2. The number of quaternary nitrogens is 1. The molecular weight excluding hydrogens is 366 g/mol. The summed E-state index contributed by atoms with van der Waals surface area (Å²) in [7, 11) is 0. The number of piperidine rings is 1. The molecule has 2 aromatic rings. The van der Waals surface area contributed by atoms with Gasteiger partial charge in [0, 0.05) is 29.0 Å². The summed E-state index contributed by atoms with van der Waals surface area (Å²) in [5.41, 5.74) is 3.11. The number of benzene rings is 1. The van der Waals surface area contributed by atoms with Crippen molar-refractivity contribution in [3.05, 3.63) is 63.9 Å². The Labute approximate surface area is 151 Å². The average Bonchev–Trinajstić information content (AvgIpc) is 2.61.